The number of sulfonamides is 1. The summed E-state index contributed by atoms with van der Waals surface area (Å²) in [5, 5.41) is 12.3. The van der Waals surface area contributed by atoms with Crippen molar-refractivity contribution >= 4 is 33.1 Å². The molecule has 2 aliphatic rings. The molecule has 34 heavy (non-hydrogen) atoms. The van der Waals surface area contributed by atoms with Crippen LogP contribution in [-0.4, -0.2) is 37.9 Å². The summed E-state index contributed by atoms with van der Waals surface area (Å²) in [5.41, 5.74) is 5.07. The van der Waals surface area contributed by atoms with Gasteiger partial charge in [-0.1, -0.05) is 12.1 Å². The SMILES string of the molecule is CN1CCc2sc(S(=O)(=O)NC(=O)Nc3c(-c4cccnc4C#N)ccc4c3CCC4)cc2C1. The van der Waals surface area contributed by atoms with Gasteiger partial charge in [0.2, 0.25) is 0 Å². The Balaban J connectivity index is 1.45. The third kappa shape index (κ3) is 4.18. The molecule has 1 aliphatic carbocycles. The van der Waals surface area contributed by atoms with Crippen LogP contribution in [0.3, 0.4) is 0 Å². The minimum absolute atomic E-state index is 0.139. The highest BCUT2D eigenvalue weighted by molar-refractivity contribution is 7.92. The molecular weight excluding hydrogens is 470 g/mol. The Morgan fingerprint density at radius 3 is 2.85 bits per heavy atom. The topological polar surface area (TPSA) is 115 Å². The van der Waals surface area contributed by atoms with E-state index in [-0.39, 0.29) is 9.90 Å². The van der Waals surface area contributed by atoms with Gasteiger partial charge in [0.1, 0.15) is 16.0 Å². The fraction of sp³-hybridized carbons (Fsp3) is 0.292. The van der Waals surface area contributed by atoms with Gasteiger partial charge in [0.05, 0.1) is 5.69 Å². The Kier molecular flexibility index (Phi) is 5.85. The number of benzene rings is 1. The van der Waals surface area contributed by atoms with Crippen molar-refractivity contribution in [3.8, 4) is 17.2 Å². The average molecular weight is 494 g/mol. The third-order valence-corrected chi connectivity index (χ3v) is 9.29. The van der Waals surface area contributed by atoms with E-state index in [0.717, 1.165) is 53.8 Å². The molecular formula is C24H23N5O3S2. The van der Waals surface area contributed by atoms with Gasteiger partial charge in [-0.15, -0.1) is 11.3 Å². The molecule has 2 amide bonds. The number of hydrogen-bond donors (Lipinski definition) is 2. The van der Waals surface area contributed by atoms with Gasteiger partial charge in [0.25, 0.3) is 10.0 Å². The molecule has 0 radical (unpaired) electrons. The van der Waals surface area contributed by atoms with Crippen LogP contribution in [0.4, 0.5) is 10.5 Å². The number of amides is 2. The lowest BCUT2D eigenvalue weighted by atomic mass is 9.96. The molecule has 5 rings (SSSR count). The summed E-state index contributed by atoms with van der Waals surface area (Å²) in [6.45, 7) is 1.57. The van der Waals surface area contributed by atoms with E-state index in [1.807, 2.05) is 19.2 Å². The highest BCUT2D eigenvalue weighted by Crippen LogP contribution is 2.38. The molecule has 3 heterocycles. The first-order valence-electron chi connectivity index (χ1n) is 11.0. The van der Waals surface area contributed by atoms with Crippen molar-refractivity contribution < 1.29 is 13.2 Å². The maximum atomic E-state index is 13.0. The standard InChI is InChI=1S/C24H23N5O3S2/c1-29-11-9-21-16(14-29)12-22(33-21)34(31,32)28-24(30)27-23-17-5-2-4-15(17)7-8-19(23)18-6-3-10-26-20(18)13-25/h3,6-8,10,12H,2,4-5,9,11,14H2,1H3,(H2,27,28,30). The fourth-order valence-electron chi connectivity index (χ4n) is 4.64. The minimum atomic E-state index is -4.02. The lowest BCUT2D eigenvalue weighted by molar-refractivity contribution is 0.256. The van der Waals surface area contributed by atoms with Crippen molar-refractivity contribution in [2.75, 3.05) is 18.9 Å². The molecule has 0 saturated heterocycles. The number of nitrogens with zero attached hydrogens (tertiary/aromatic N) is 3. The minimum Gasteiger partial charge on any atom is -0.306 e. The molecule has 0 fully saturated rings. The van der Waals surface area contributed by atoms with Gasteiger partial charge in [0, 0.05) is 35.3 Å². The van der Waals surface area contributed by atoms with Gasteiger partial charge in [0.15, 0.2) is 0 Å². The summed E-state index contributed by atoms with van der Waals surface area (Å²) < 4.78 is 28.3. The maximum absolute atomic E-state index is 13.0. The molecule has 0 atom stereocenters. The molecule has 0 spiro atoms. The lowest BCUT2D eigenvalue weighted by Crippen LogP contribution is -2.34. The number of thiophene rings is 1. The molecule has 174 valence electrons. The van der Waals surface area contributed by atoms with Crippen LogP contribution in [0.25, 0.3) is 11.1 Å². The first-order chi connectivity index (χ1) is 16.4. The van der Waals surface area contributed by atoms with Gasteiger partial charge in [-0.3, -0.25) is 0 Å². The smallest absolute Gasteiger partial charge is 0.306 e. The third-order valence-electron chi connectivity index (χ3n) is 6.25. The van der Waals surface area contributed by atoms with Crippen LogP contribution in [0, 0.1) is 11.3 Å². The summed E-state index contributed by atoms with van der Waals surface area (Å²) in [7, 11) is -2.03. The summed E-state index contributed by atoms with van der Waals surface area (Å²) >= 11 is 1.22. The predicted octanol–water partition coefficient (Wildman–Crippen LogP) is 3.67. The van der Waals surface area contributed by atoms with E-state index in [1.165, 1.54) is 11.3 Å². The summed E-state index contributed by atoms with van der Waals surface area (Å²) in [4.78, 5) is 20.3. The van der Waals surface area contributed by atoms with Gasteiger partial charge in [-0.25, -0.2) is 22.9 Å². The number of carbonyl (C=O) groups excluding carboxylic acids is 1. The van der Waals surface area contributed by atoms with Crippen molar-refractivity contribution in [3.63, 3.8) is 0 Å². The van der Waals surface area contributed by atoms with Crippen molar-refractivity contribution in [2.24, 2.45) is 0 Å². The Morgan fingerprint density at radius 1 is 1.18 bits per heavy atom. The molecule has 8 nitrogen and oxygen atoms in total. The number of nitriles is 1. The quantitative estimate of drug-likeness (QED) is 0.573. The molecule has 2 aromatic heterocycles. The monoisotopic (exact) mass is 493 g/mol. The molecule has 3 aromatic rings. The second-order valence-corrected chi connectivity index (χ2v) is 11.6. The normalized spacial score (nSPS) is 15.3. The van der Waals surface area contributed by atoms with E-state index in [4.69, 9.17) is 0 Å². The second-order valence-electron chi connectivity index (χ2n) is 8.55. The molecule has 0 saturated carbocycles. The number of rotatable bonds is 4. The average Bonchev–Trinajstić information content (AvgIpc) is 3.46. The number of fused-ring (bicyclic) bond motifs is 2. The summed E-state index contributed by atoms with van der Waals surface area (Å²) in [5.74, 6) is 0. The largest absolute Gasteiger partial charge is 0.333 e. The number of nitrogens with one attached hydrogen (secondary N) is 2. The van der Waals surface area contributed by atoms with Crippen LogP contribution in [-0.2, 0) is 35.8 Å². The van der Waals surface area contributed by atoms with E-state index in [9.17, 15) is 18.5 Å². The van der Waals surface area contributed by atoms with Crippen LogP contribution >= 0.6 is 11.3 Å². The van der Waals surface area contributed by atoms with Crippen LogP contribution in [0.15, 0.2) is 40.7 Å². The number of likely N-dealkylation sites (N-methyl/N-ethyl adjacent to an activating group) is 1. The number of anilines is 1. The van der Waals surface area contributed by atoms with Crippen molar-refractivity contribution in [1.82, 2.24) is 14.6 Å². The molecule has 10 heteroatoms. The Morgan fingerprint density at radius 2 is 2.03 bits per heavy atom. The van der Waals surface area contributed by atoms with Gasteiger partial charge in [-0.2, -0.15) is 5.26 Å². The van der Waals surface area contributed by atoms with E-state index >= 15 is 0 Å². The number of urea groups is 1. The number of aryl methyl sites for hydroxylation is 1. The number of aromatic nitrogens is 1. The van der Waals surface area contributed by atoms with Crippen LogP contribution in [0.5, 0.6) is 0 Å². The number of pyridine rings is 1. The van der Waals surface area contributed by atoms with E-state index in [0.29, 0.717) is 23.4 Å². The molecule has 0 unspecified atom stereocenters. The predicted molar refractivity (Wildman–Crippen MR) is 130 cm³/mol. The Bertz CT molecular complexity index is 1440. The zero-order valence-corrected chi connectivity index (χ0v) is 20.2. The van der Waals surface area contributed by atoms with Crippen LogP contribution in [0.2, 0.25) is 0 Å². The second kappa shape index (κ2) is 8.83. The number of hydrogen-bond acceptors (Lipinski definition) is 7. The van der Waals surface area contributed by atoms with Gasteiger partial charge in [-0.05, 0) is 67.6 Å². The fourth-order valence-corrected chi connectivity index (χ4v) is 7.09. The van der Waals surface area contributed by atoms with Gasteiger partial charge >= 0.3 is 6.03 Å². The first-order valence-corrected chi connectivity index (χ1v) is 13.3. The molecule has 1 aromatic carbocycles. The van der Waals surface area contributed by atoms with E-state index in [2.05, 4.69) is 26.0 Å². The van der Waals surface area contributed by atoms with Crippen molar-refractivity contribution in [1.29, 1.82) is 5.26 Å². The van der Waals surface area contributed by atoms with E-state index in [1.54, 1.807) is 24.4 Å². The van der Waals surface area contributed by atoms with Crippen molar-refractivity contribution in [2.45, 2.75) is 36.4 Å². The van der Waals surface area contributed by atoms with Crippen LogP contribution in [0.1, 0.15) is 33.7 Å². The zero-order valence-electron chi connectivity index (χ0n) is 18.6. The molecule has 0 bridgehead atoms. The highest BCUT2D eigenvalue weighted by atomic mass is 32.2. The van der Waals surface area contributed by atoms with E-state index < -0.39 is 16.1 Å². The Labute approximate surface area is 202 Å². The van der Waals surface area contributed by atoms with Crippen molar-refractivity contribution in [3.05, 3.63) is 63.8 Å². The summed E-state index contributed by atoms with van der Waals surface area (Å²) in [6, 6.07) is 10.3. The number of carbonyl (C=O) groups is 1. The highest BCUT2D eigenvalue weighted by Gasteiger charge is 2.27. The first kappa shape index (κ1) is 22.5. The van der Waals surface area contributed by atoms with Crippen LogP contribution < -0.4 is 10.0 Å². The summed E-state index contributed by atoms with van der Waals surface area (Å²) in [6.07, 6.45) is 4.93. The molecule has 2 N–H and O–H groups in total. The Hall–Kier alpha value is -3.26. The maximum Gasteiger partial charge on any atom is 0.333 e. The lowest BCUT2D eigenvalue weighted by Gasteiger charge is -2.21. The van der Waals surface area contributed by atoms with Gasteiger partial charge < -0.3 is 10.2 Å². The molecule has 1 aliphatic heterocycles. The zero-order chi connectivity index (χ0) is 23.9.